The number of hydrogen-bond acceptors (Lipinski definition) is 5. The van der Waals surface area contributed by atoms with Crippen molar-refractivity contribution in [3.63, 3.8) is 0 Å². The highest BCUT2D eigenvalue weighted by molar-refractivity contribution is 7.93. The summed E-state index contributed by atoms with van der Waals surface area (Å²) in [5.41, 5.74) is 0.309. The highest BCUT2D eigenvalue weighted by atomic mass is 32.2. The number of esters is 1. The molecule has 1 aliphatic rings. The topological polar surface area (TPSA) is 72.5 Å². The minimum absolute atomic E-state index is 0.284. The third kappa shape index (κ3) is 2.19. The number of nitrogens with one attached hydrogen (secondary N) is 1. The molecule has 0 radical (unpaired) electrons. The Kier molecular flexibility index (Phi) is 2.90. The van der Waals surface area contributed by atoms with Crippen LogP contribution in [0.2, 0.25) is 0 Å². The van der Waals surface area contributed by atoms with Crippen molar-refractivity contribution in [3.8, 4) is 0 Å². The van der Waals surface area contributed by atoms with E-state index < -0.39 is 16.0 Å². The Morgan fingerprint density at radius 3 is 2.81 bits per heavy atom. The molecular weight excluding hydrogens is 250 g/mol. The molecule has 1 heterocycles. The number of anilines is 1. The van der Waals surface area contributed by atoms with Gasteiger partial charge in [-0.2, -0.15) is 0 Å². The van der Waals surface area contributed by atoms with Gasteiger partial charge in [0.15, 0.2) is 0 Å². The van der Waals surface area contributed by atoms with Gasteiger partial charge in [-0.25, -0.2) is 13.2 Å². The highest BCUT2D eigenvalue weighted by Gasteiger charge is 2.36. The van der Waals surface area contributed by atoms with Crippen molar-refractivity contribution in [2.75, 3.05) is 11.8 Å². The summed E-state index contributed by atoms with van der Waals surface area (Å²) in [6, 6.07) is 1.57. The Bertz CT molecular complexity index is 501. The van der Waals surface area contributed by atoms with E-state index in [2.05, 4.69) is 9.46 Å². The average Bonchev–Trinajstić information content (AvgIpc) is 3.00. The van der Waals surface area contributed by atoms with Gasteiger partial charge in [0.25, 0.3) is 0 Å². The summed E-state index contributed by atoms with van der Waals surface area (Å²) in [7, 11) is -2.06. The molecule has 0 unspecified atom stereocenters. The van der Waals surface area contributed by atoms with E-state index in [-0.39, 0.29) is 10.1 Å². The maximum atomic E-state index is 11.7. The molecule has 5 nitrogen and oxygen atoms in total. The van der Waals surface area contributed by atoms with Gasteiger partial charge < -0.3 is 4.74 Å². The van der Waals surface area contributed by atoms with E-state index in [1.807, 2.05) is 0 Å². The molecule has 1 N–H and O–H groups in total. The number of carbonyl (C=O) groups excluding carboxylic acids is 1. The number of carbonyl (C=O) groups is 1. The predicted octanol–water partition coefficient (Wildman–Crippen LogP) is 1.44. The summed E-state index contributed by atoms with van der Waals surface area (Å²) in [6.07, 6.45) is 1.38. The molecule has 1 aromatic rings. The minimum atomic E-state index is -3.33. The lowest BCUT2D eigenvalue weighted by atomic mass is 10.4. The maximum Gasteiger partial charge on any atom is 0.350 e. The van der Waals surface area contributed by atoms with Crippen LogP contribution in [0, 0.1) is 0 Å². The summed E-state index contributed by atoms with van der Waals surface area (Å²) < 4.78 is 30.3. The Labute approximate surface area is 97.5 Å². The van der Waals surface area contributed by atoms with Gasteiger partial charge in [0.1, 0.15) is 4.88 Å². The van der Waals surface area contributed by atoms with Crippen LogP contribution in [-0.2, 0) is 14.8 Å². The number of hydrogen-bond donors (Lipinski definition) is 1. The molecule has 0 spiro atoms. The predicted molar refractivity (Wildman–Crippen MR) is 61.2 cm³/mol. The van der Waals surface area contributed by atoms with Gasteiger partial charge in [-0.3, -0.25) is 4.72 Å². The molecule has 88 valence electrons. The molecule has 1 saturated carbocycles. The van der Waals surface area contributed by atoms with E-state index in [0.717, 1.165) is 11.3 Å². The Morgan fingerprint density at radius 1 is 1.56 bits per heavy atom. The van der Waals surface area contributed by atoms with Crippen LogP contribution in [0.5, 0.6) is 0 Å². The van der Waals surface area contributed by atoms with E-state index in [0.29, 0.717) is 18.5 Å². The largest absolute Gasteiger partial charge is 0.465 e. The molecule has 1 aromatic heterocycles. The zero-order chi connectivity index (χ0) is 11.8. The number of sulfonamides is 1. The minimum Gasteiger partial charge on any atom is -0.465 e. The Morgan fingerprint density at radius 2 is 2.25 bits per heavy atom. The van der Waals surface area contributed by atoms with Crippen molar-refractivity contribution in [1.29, 1.82) is 0 Å². The normalized spacial score (nSPS) is 15.8. The van der Waals surface area contributed by atoms with Crippen LogP contribution in [0.1, 0.15) is 22.5 Å². The van der Waals surface area contributed by atoms with Crippen molar-refractivity contribution in [2.24, 2.45) is 0 Å². The highest BCUT2D eigenvalue weighted by Crippen LogP contribution is 2.32. The Hall–Kier alpha value is -1.08. The standard InChI is InChI=1S/C9H11NO4S2/c1-14-9(11)8-7(4-5-15-8)10-16(12,13)6-2-3-6/h4-6,10H,2-3H2,1H3. The molecule has 0 bridgehead atoms. The average molecular weight is 261 g/mol. The first kappa shape index (κ1) is 11.4. The molecule has 0 aliphatic heterocycles. The fourth-order valence-corrected chi connectivity index (χ4v) is 3.49. The van der Waals surface area contributed by atoms with E-state index in [4.69, 9.17) is 0 Å². The summed E-state index contributed by atoms with van der Waals surface area (Å²) in [5.74, 6) is -0.525. The first-order valence-electron chi connectivity index (χ1n) is 4.72. The first-order valence-corrected chi connectivity index (χ1v) is 7.14. The number of ether oxygens (including phenoxy) is 1. The number of methoxy groups -OCH3 is 1. The fourth-order valence-electron chi connectivity index (χ4n) is 1.26. The van der Waals surface area contributed by atoms with E-state index in [1.165, 1.54) is 7.11 Å². The van der Waals surface area contributed by atoms with E-state index in [1.54, 1.807) is 11.4 Å². The molecule has 0 atom stereocenters. The smallest absolute Gasteiger partial charge is 0.350 e. The van der Waals surface area contributed by atoms with Crippen LogP contribution < -0.4 is 4.72 Å². The quantitative estimate of drug-likeness (QED) is 0.832. The molecule has 2 rings (SSSR count). The van der Waals surface area contributed by atoms with Gasteiger partial charge in [0.05, 0.1) is 18.0 Å². The van der Waals surface area contributed by atoms with Crippen molar-refractivity contribution < 1.29 is 17.9 Å². The zero-order valence-electron chi connectivity index (χ0n) is 8.60. The zero-order valence-corrected chi connectivity index (χ0v) is 10.2. The summed E-state index contributed by atoms with van der Waals surface area (Å²) in [5, 5.41) is 1.34. The van der Waals surface area contributed by atoms with Gasteiger partial charge in [0.2, 0.25) is 10.0 Å². The third-order valence-corrected chi connectivity index (χ3v) is 5.00. The van der Waals surface area contributed by atoms with Gasteiger partial charge in [0, 0.05) is 0 Å². The van der Waals surface area contributed by atoms with Crippen LogP contribution in [-0.4, -0.2) is 26.7 Å². The van der Waals surface area contributed by atoms with Crippen molar-refractivity contribution in [3.05, 3.63) is 16.3 Å². The second-order valence-corrected chi connectivity index (χ2v) is 6.38. The molecule has 0 aromatic carbocycles. The lowest BCUT2D eigenvalue weighted by molar-refractivity contribution is 0.0607. The number of thiophene rings is 1. The summed E-state index contributed by atoms with van der Waals surface area (Å²) >= 11 is 1.15. The van der Waals surface area contributed by atoms with Crippen LogP contribution in [0.3, 0.4) is 0 Å². The van der Waals surface area contributed by atoms with Gasteiger partial charge in [-0.1, -0.05) is 0 Å². The van der Waals surface area contributed by atoms with Crippen molar-refractivity contribution in [1.82, 2.24) is 0 Å². The van der Waals surface area contributed by atoms with Gasteiger partial charge in [-0.05, 0) is 24.3 Å². The third-order valence-electron chi connectivity index (χ3n) is 2.25. The second-order valence-electron chi connectivity index (χ2n) is 3.50. The molecule has 0 saturated heterocycles. The van der Waals surface area contributed by atoms with E-state index >= 15 is 0 Å². The SMILES string of the molecule is COC(=O)c1sccc1NS(=O)(=O)C1CC1. The maximum absolute atomic E-state index is 11.7. The first-order chi connectivity index (χ1) is 7.54. The molecule has 1 aliphatic carbocycles. The molecular formula is C9H11NO4S2. The summed E-state index contributed by atoms with van der Waals surface area (Å²) in [4.78, 5) is 11.6. The lowest BCUT2D eigenvalue weighted by Gasteiger charge is -2.06. The van der Waals surface area contributed by atoms with E-state index in [9.17, 15) is 13.2 Å². The molecule has 1 fully saturated rings. The lowest BCUT2D eigenvalue weighted by Crippen LogP contribution is -2.18. The summed E-state index contributed by atoms with van der Waals surface area (Å²) in [6.45, 7) is 0. The van der Waals surface area contributed by atoms with Crippen LogP contribution >= 0.6 is 11.3 Å². The monoisotopic (exact) mass is 261 g/mol. The van der Waals surface area contributed by atoms with Crippen LogP contribution in [0.4, 0.5) is 5.69 Å². The van der Waals surface area contributed by atoms with Crippen molar-refractivity contribution >= 4 is 33.0 Å². The second kappa shape index (κ2) is 4.06. The van der Waals surface area contributed by atoms with Crippen LogP contribution in [0.25, 0.3) is 0 Å². The molecule has 16 heavy (non-hydrogen) atoms. The van der Waals surface area contributed by atoms with Crippen molar-refractivity contribution in [2.45, 2.75) is 18.1 Å². The Balaban J connectivity index is 2.21. The van der Waals surface area contributed by atoms with Crippen LogP contribution in [0.15, 0.2) is 11.4 Å². The molecule has 0 amide bonds. The number of rotatable bonds is 4. The van der Waals surface area contributed by atoms with Gasteiger partial charge >= 0.3 is 5.97 Å². The van der Waals surface area contributed by atoms with Gasteiger partial charge in [-0.15, -0.1) is 11.3 Å². The molecule has 7 heteroatoms. The fraction of sp³-hybridized carbons (Fsp3) is 0.444.